The van der Waals surface area contributed by atoms with E-state index in [2.05, 4.69) is 31.3 Å². The maximum atomic E-state index is 12.0. The first-order valence-corrected chi connectivity index (χ1v) is 7.58. The van der Waals surface area contributed by atoms with Crippen molar-refractivity contribution in [3.8, 4) is 0 Å². The van der Waals surface area contributed by atoms with Gasteiger partial charge in [-0.1, -0.05) is 26.8 Å². The second-order valence-corrected chi connectivity index (χ2v) is 6.42. The number of carbonyl (C=O) groups excluding carboxylic acids is 1. The number of hydrazine groups is 1. The molecule has 0 aliphatic carbocycles. The molecule has 1 aliphatic rings. The number of likely N-dealkylation sites (tertiary alicyclic amines) is 1. The van der Waals surface area contributed by atoms with Crippen LogP contribution in [0.4, 0.5) is 4.79 Å². The van der Waals surface area contributed by atoms with Crippen LogP contribution in [-0.4, -0.2) is 35.6 Å². The number of hydrogen-bond acceptors (Lipinski definition) is 3. The lowest BCUT2D eigenvalue weighted by Gasteiger charge is -2.36. The van der Waals surface area contributed by atoms with E-state index in [1.165, 1.54) is 0 Å². The molecule has 0 saturated carbocycles. The van der Waals surface area contributed by atoms with Crippen LogP contribution in [0.15, 0.2) is 12.7 Å². The summed E-state index contributed by atoms with van der Waals surface area (Å²) in [6.45, 7) is 11.4. The number of rotatable bonds is 5. The Kier molecular flexibility index (Phi) is 6.30. The summed E-state index contributed by atoms with van der Waals surface area (Å²) < 4.78 is 0. The standard InChI is InChI=1S/C14H27ClN4O/c1-5-14(4,10(2)3)12(15)17-18-13(20)19-8-6-11(16)7-9-19/h5,10-12,17H,1,6-9,16H2,2-4H3,(H,18,20)/t12-,14?/m0/s1. The van der Waals surface area contributed by atoms with Gasteiger partial charge in [0.2, 0.25) is 0 Å². The molecule has 1 aliphatic heterocycles. The van der Waals surface area contributed by atoms with Crippen LogP contribution in [0.3, 0.4) is 0 Å². The van der Waals surface area contributed by atoms with Crippen molar-refractivity contribution in [2.24, 2.45) is 17.1 Å². The minimum absolute atomic E-state index is 0.155. The van der Waals surface area contributed by atoms with Gasteiger partial charge in [0.15, 0.2) is 0 Å². The molecule has 1 fully saturated rings. The Bertz CT molecular complexity index is 342. The molecule has 4 N–H and O–H groups in total. The molecular formula is C14H27ClN4O. The van der Waals surface area contributed by atoms with Gasteiger partial charge in [-0.25, -0.2) is 10.2 Å². The van der Waals surface area contributed by atoms with Crippen LogP contribution < -0.4 is 16.6 Å². The Labute approximate surface area is 126 Å². The Morgan fingerprint density at radius 1 is 1.50 bits per heavy atom. The van der Waals surface area contributed by atoms with E-state index < -0.39 is 5.50 Å². The quantitative estimate of drug-likeness (QED) is 0.315. The highest BCUT2D eigenvalue weighted by Gasteiger charge is 2.33. The molecule has 2 amide bonds. The van der Waals surface area contributed by atoms with E-state index in [-0.39, 0.29) is 17.5 Å². The number of amides is 2. The van der Waals surface area contributed by atoms with Crippen molar-refractivity contribution < 1.29 is 4.79 Å². The van der Waals surface area contributed by atoms with Gasteiger partial charge in [0, 0.05) is 24.5 Å². The molecule has 1 unspecified atom stereocenters. The van der Waals surface area contributed by atoms with Crippen molar-refractivity contribution in [1.82, 2.24) is 15.8 Å². The maximum Gasteiger partial charge on any atom is 0.331 e. The van der Waals surface area contributed by atoms with Gasteiger partial charge in [-0.2, -0.15) is 0 Å². The Hall–Kier alpha value is -0.780. The van der Waals surface area contributed by atoms with Crippen molar-refractivity contribution in [2.75, 3.05) is 13.1 Å². The SMILES string of the molecule is C=CC(C)(C(C)C)[C@@H](Cl)NNC(=O)N1CCC(N)CC1. The third-order valence-electron chi connectivity index (χ3n) is 4.36. The molecule has 0 aromatic heterocycles. The fraction of sp³-hybridized carbons (Fsp3) is 0.786. The van der Waals surface area contributed by atoms with Crippen LogP contribution in [0.25, 0.3) is 0 Å². The summed E-state index contributed by atoms with van der Waals surface area (Å²) in [5.74, 6) is 0.305. The maximum absolute atomic E-state index is 12.0. The normalized spacial score (nSPS) is 21.4. The third-order valence-corrected chi connectivity index (χ3v) is 4.94. The van der Waals surface area contributed by atoms with Crippen LogP contribution in [0.5, 0.6) is 0 Å². The molecule has 0 aromatic rings. The van der Waals surface area contributed by atoms with Crippen LogP contribution in [0.1, 0.15) is 33.6 Å². The predicted molar refractivity (Wildman–Crippen MR) is 83.2 cm³/mol. The first-order valence-electron chi connectivity index (χ1n) is 7.15. The zero-order valence-corrected chi connectivity index (χ0v) is 13.4. The summed E-state index contributed by atoms with van der Waals surface area (Å²) in [6.07, 6.45) is 3.51. The predicted octanol–water partition coefficient (Wildman–Crippen LogP) is 2.04. The lowest BCUT2D eigenvalue weighted by atomic mass is 9.79. The largest absolute Gasteiger partial charge is 0.331 e. The summed E-state index contributed by atoms with van der Waals surface area (Å²) in [5.41, 5.74) is 10.7. The molecule has 6 heteroatoms. The van der Waals surface area contributed by atoms with Gasteiger partial charge in [-0.3, -0.25) is 5.43 Å². The molecule has 1 heterocycles. The first kappa shape index (κ1) is 17.3. The summed E-state index contributed by atoms with van der Waals surface area (Å²) in [4.78, 5) is 13.8. The number of carbonyl (C=O) groups is 1. The molecule has 0 radical (unpaired) electrons. The molecule has 5 nitrogen and oxygen atoms in total. The van der Waals surface area contributed by atoms with Crippen LogP contribution in [0.2, 0.25) is 0 Å². The van der Waals surface area contributed by atoms with E-state index in [0.29, 0.717) is 19.0 Å². The average Bonchev–Trinajstić information content (AvgIpc) is 2.43. The van der Waals surface area contributed by atoms with Gasteiger partial charge in [0.1, 0.15) is 5.50 Å². The summed E-state index contributed by atoms with van der Waals surface area (Å²) in [7, 11) is 0. The van der Waals surface area contributed by atoms with Crippen molar-refractivity contribution >= 4 is 17.6 Å². The second kappa shape index (κ2) is 7.29. The highest BCUT2D eigenvalue weighted by atomic mass is 35.5. The Balaban J connectivity index is 2.46. The third kappa shape index (κ3) is 4.11. The van der Waals surface area contributed by atoms with Crippen molar-refractivity contribution in [3.05, 3.63) is 12.7 Å². The monoisotopic (exact) mass is 302 g/mol. The molecule has 0 spiro atoms. The zero-order valence-electron chi connectivity index (χ0n) is 12.7. The fourth-order valence-corrected chi connectivity index (χ4v) is 2.49. The summed E-state index contributed by atoms with van der Waals surface area (Å²) in [6, 6.07) is 0.0514. The van der Waals surface area contributed by atoms with Crippen molar-refractivity contribution in [1.29, 1.82) is 0 Å². The van der Waals surface area contributed by atoms with Gasteiger partial charge in [-0.15, -0.1) is 18.2 Å². The second-order valence-electron chi connectivity index (χ2n) is 5.99. The first-order chi connectivity index (χ1) is 9.31. The zero-order chi connectivity index (χ0) is 15.3. The summed E-state index contributed by atoms with van der Waals surface area (Å²) in [5, 5.41) is 0. The molecule has 0 bridgehead atoms. The van der Waals surface area contributed by atoms with Crippen LogP contribution >= 0.6 is 11.6 Å². The van der Waals surface area contributed by atoms with Gasteiger partial charge in [0.05, 0.1) is 0 Å². The molecule has 0 aromatic carbocycles. The lowest BCUT2D eigenvalue weighted by Crippen LogP contribution is -2.55. The molecule has 1 rings (SSSR count). The molecular weight excluding hydrogens is 276 g/mol. The van der Waals surface area contributed by atoms with Crippen LogP contribution in [0, 0.1) is 11.3 Å². The van der Waals surface area contributed by atoms with E-state index >= 15 is 0 Å². The minimum atomic E-state index is -0.420. The number of nitrogens with two attached hydrogens (primary N) is 1. The van der Waals surface area contributed by atoms with E-state index in [0.717, 1.165) is 12.8 Å². The molecule has 116 valence electrons. The van der Waals surface area contributed by atoms with Crippen molar-refractivity contribution in [2.45, 2.75) is 45.2 Å². The average molecular weight is 303 g/mol. The molecule has 2 atom stereocenters. The number of nitrogens with one attached hydrogen (secondary N) is 2. The van der Waals surface area contributed by atoms with Gasteiger partial charge >= 0.3 is 6.03 Å². The Morgan fingerprint density at radius 3 is 2.50 bits per heavy atom. The number of halogens is 1. The lowest BCUT2D eigenvalue weighted by molar-refractivity contribution is 0.169. The smallest absolute Gasteiger partial charge is 0.328 e. The number of urea groups is 1. The molecule has 20 heavy (non-hydrogen) atoms. The number of hydrogen-bond donors (Lipinski definition) is 3. The van der Waals surface area contributed by atoms with E-state index in [9.17, 15) is 4.79 Å². The van der Waals surface area contributed by atoms with Crippen LogP contribution in [-0.2, 0) is 0 Å². The van der Waals surface area contributed by atoms with E-state index in [1.54, 1.807) is 4.90 Å². The number of nitrogens with zero attached hydrogens (tertiary/aromatic N) is 1. The number of alkyl halides is 1. The molecule has 1 saturated heterocycles. The highest BCUT2D eigenvalue weighted by Crippen LogP contribution is 2.33. The fourth-order valence-electron chi connectivity index (χ4n) is 2.09. The minimum Gasteiger partial charge on any atom is -0.328 e. The van der Waals surface area contributed by atoms with E-state index in [4.69, 9.17) is 17.3 Å². The van der Waals surface area contributed by atoms with Gasteiger partial charge in [0.25, 0.3) is 0 Å². The van der Waals surface area contributed by atoms with E-state index in [1.807, 2.05) is 13.0 Å². The summed E-state index contributed by atoms with van der Waals surface area (Å²) >= 11 is 6.35. The highest BCUT2D eigenvalue weighted by molar-refractivity contribution is 6.21. The topological polar surface area (TPSA) is 70.4 Å². The van der Waals surface area contributed by atoms with Gasteiger partial charge in [-0.05, 0) is 18.8 Å². The Morgan fingerprint density at radius 2 is 2.05 bits per heavy atom. The number of piperidine rings is 1. The van der Waals surface area contributed by atoms with Gasteiger partial charge < -0.3 is 10.6 Å². The van der Waals surface area contributed by atoms with Crippen molar-refractivity contribution in [3.63, 3.8) is 0 Å².